The van der Waals surface area contributed by atoms with Crippen molar-refractivity contribution >= 4 is 5.91 Å². The van der Waals surface area contributed by atoms with Crippen LogP contribution in [-0.4, -0.2) is 34.8 Å². The SMILES string of the molecule is CC(O)C(N)CNC(=O)C(O)c1ccccc1. The molecular weight excluding hydrogens is 220 g/mol. The maximum Gasteiger partial charge on any atom is 0.253 e. The summed E-state index contributed by atoms with van der Waals surface area (Å²) in [5.74, 6) is -0.521. The molecule has 5 heteroatoms. The Morgan fingerprint density at radius 1 is 1.35 bits per heavy atom. The Hall–Kier alpha value is -1.43. The van der Waals surface area contributed by atoms with Crippen LogP contribution < -0.4 is 11.1 Å². The number of nitrogens with one attached hydrogen (secondary N) is 1. The van der Waals surface area contributed by atoms with Gasteiger partial charge in [-0.2, -0.15) is 0 Å². The Labute approximate surface area is 100 Å². The number of benzene rings is 1. The second-order valence-corrected chi connectivity index (χ2v) is 3.96. The van der Waals surface area contributed by atoms with Crippen molar-refractivity contribution in [3.05, 3.63) is 35.9 Å². The summed E-state index contributed by atoms with van der Waals surface area (Å²) in [4.78, 5) is 11.6. The minimum atomic E-state index is -1.21. The lowest BCUT2D eigenvalue weighted by Gasteiger charge is -2.17. The van der Waals surface area contributed by atoms with E-state index in [1.165, 1.54) is 0 Å². The van der Waals surface area contributed by atoms with Crippen molar-refractivity contribution in [1.82, 2.24) is 5.32 Å². The van der Waals surface area contributed by atoms with E-state index in [4.69, 9.17) is 10.8 Å². The summed E-state index contributed by atoms with van der Waals surface area (Å²) in [6.07, 6.45) is -1.92. The van der Waals surface area contributed by atoms with Crippen molar-refractivity contribution in [2.45, 2.75) is 25.2 Å². The maximum absolute atomic E-state index is 11.6. The molecule has 1 rings (SSSR count). The molecule has 1 amide bonds. The minimum Gasteiger partial charge on any atom is -0.392 e. The Kier molecular flexibility index (Phi) is 5.09. The van der Waals surface area contributed by atoms with Crippen LogP contribution in [0, 0.1) is 0 Å². The normalized spacial score (nSPS) is 16.0. The van der Waals surface area contributed by atoms with Crippen LogP contribution in [0.25, 0.3) is 0 Å². The van der Waals surface area contributed by atoms with Crippen LogP contribution in [0.4, 0.5) is 0 Å². The molecule has 0 aromatic heterocycles. The average Bonchev–Trinajstić information content (AvgIpc) is 2.35. The highest BCUT2D eigenvalue weighted by Gasteiger charge is 2.18. The fourth-order valence-corrected chi connectivity index (χ4v) is 1.27. The highest BCUT2D eigenvalue weighted by molar-refractivity contribution is 5.81. The van der Waals surface area contributed by atoms with Gasteiger partial charge in [0.05, 0.1) is 6.10 Å². The number of hydrogen-bond acceptors (Lipinski definition) is 4. The molecule has 1 aromatic rings. The number of hydrogen-bond donors (Lipinski definition) is 4. The van der Waals surface area contributed by atoms with Gasteiger partial charge in [0, 0.05) is 12.6 Å². The van der Waals surface area contributed by atoms with Crippen LogP contribution >= 0.6 is 0 Å². The minimum absolute atomic E-state index is 0.125. The van der Waals surface area contributed by atoms with Gasteiger partial charge in [-0.05, 0) is 12.5 Å². The molecule has 0 aliphatic carbocycles. The Morgan fingerprint density at radius 2 is 1.94 bits per heavy atom. The predicted molar refractivity (Wildman–Crippen MR) is 64.1 cm³/mol. The fraction of sp³-hybridized carbons (Fsp3) is 0.417. The number of amides is 1. The first-order valence-electron chi connectivity index (χ1n) is 5.46. The van der Waals surface area contributed by atoms with E-state index < -0.39 is 24.2 Å². The van der Waals surface area contributed by atoms with E-state index >= 15 is 0 Å². The van der Waals surface area contributed by atoms with Crippen molar-refractivity contribution in [2.24, 2.45) is 5.73 Å². The third-order valence-electron chi connectivity index (χ3n) is 2.50. The second-order valence-electron chi connectivity index (χ2n) is 3.96. The number of aliphatic hydroxyl groups excluding tert-OH is 2. The van der Waals surface area contributed by atoms with Gasteiger partial charge in [-0.3, -0.25) is 4.79 Å². The van der Waals surface area contributed by atoms with E-state index in [1.807, 2.05) is 0 Å². The summed E-state index contributed by atoms with van der Waals surface area (Å²) in [7, 11) is 0. The zero-order chi connectivity index (χ0) is 12.8. The Balaban J connectivity index is 2.48. The standard InChI is InChI=1S/C12H18N2O3/c1-8(15)10(13)7-14-12(17)11(16)9-5-3-2-4-6-9/h2-6,8,10-11,15-16H,7,13H2,1H3,(H,14,17). The van der Waals surface area contributed by atoms with E-state index in [1.54, 1.807) is 37.3 Å². The molecule has 5 N–H and O–H groups in total. The molecule has 0 aliphatic heterocycles. The maximum atomic E-state index is 11.6. The Bertz CT molecular complexity index is 354. The number of nitrogens with two attached hydrogens (primary N) is 1. The van der Waals surface area contributed by atoms with Gasteiger partial charge in [0.25, 0.3) is 5.91 Å². The molecular formula is C12H18N2O3. The third-order valence-corrected chi connectivity index (χ3v) is 2.50. The molecule has 0 saturated heterocycles. The first-order chi connectivity index (χ1) is 8.02. The van der Waals surface area contributed by atoms with Gasteiger partial charge in [0.1, 0.15) is 0 Å². The lowest BCUT2D eigenvalue weighted by atomic mass is 10.1. The van der Waals surface area contributed by atoms with Crippen molar-refractivity contribution in [2.75, 3.05) is 6.54 Å². The number of rotatable bonds is 5. The largest absolute Gasteiger partial charge is 0.392 e. The van der Waals surface area contributed by atoms with Crippen molar-refractivity contribution in [3.8, 4) is 0 Å². The molecule has 0 saturated carbocycles. The summed E-state index contributed by atoms with van der Waals surface area (Å²) >= 11 is 0. The molecule has 17 heavy (non-hydrogen) atoms. The highest BCUT2D eigenvalue weighted by atomic mass is 16.3. The van der Waals surface area contributed by atoms with Gasteiger partial charge >= 0.3 is 0 Å². The third kappa shape index (κ3) is 4.14. The quantitative estimate of drug-likeness (QED) is 0.558. The first-order valence-corrected chi connectivity index (χ1v) is 5.46. The molecule has 3 unspecified atom stereocenters. The zero-order valence-electron chi connectivity index (χ0n) is 9.71. The van der Waals surface area contributed by atoms with Crippen LogP contribution in [0.15, 0.2) is 30.3 Å². The van der Waals surface area contributed by atoms with Gasteiger partial charge in [-0.25, -0.2) is 0 Å². The zero-order valence-corrected chi connectivity index (χ0v) is 9.71. The van der Waals surface area contributed by atoms with Crippen LogP contribution in [0.1, 0.15) is 18.6 Å². The number of carbonyl (C=O) groups is 1. The molecule has 1 aromatic carbocycles. The lowest BCUT2D eigenvalue weighted by Crippen LogP contribution is -2.44. The number of aliphatic hydroxyl groups is 2. The van der Waals surface area contributed by atoms with Crippen LogP contribution in [0.5, 0.6) is 0 Å². The van der Waals surface area contributed by atoms with Gasteiger partial charge in [-0.1, -0.05) is 30.3 Å². The average molecular weight is 238 g/mol. The highest BCUT2D eigenvalue weighted by Crippen LogP contribution is 2.11. The molecule has 3 atom stereocenters. The summed E-state index contributed by atoms with van der Waals surface area (Å²) in [6, 6.07) is 8.08. The second kappa shape index (κ2) is 6.34. The number of carbonyl (C=O) groups excluding carboxylic acids is 1. The summed E-state index contributed by atoms with van der Waals surface area (Å²) in [5.41, 5.74) is 6.08. The topological polar surface area (TPSA) is 95.6 Å². The predicted octanol–water partition coefficient (Wildman–Crippen LogP) is -0.456. The monoisotopic (exact) mass is 238 g/mol. The van der Waals surface area contributed by atoms with Crippen LogP contribution in [-0.2, 0) is 4.79 Å². The molecule has 94 valence electrons. The van der Waals surface area contributed by atoms with Gasteiger partial charge in [0.2, 0.25) is 0 Å². The van der Waals surface area contributed by atoms with E-state index in [0.29, 0.717) is 5.56 Å². The molecule has 0 heterocycles. The Morgan fingerprint density at radius 3 is 2.47 bits per heavy atom. The van der Waals surface area contributed by atoms with E-state index in [-0.39, 0.29) is 6.54 Å². The summed E-state index contributed by atoms with van der Waals surface area (Å²) < 4.78 is 0. The van der Waals surface area contributed by atoms with E-state index in [9.17, 15) is 9.90 Å². The van der Waals surface area contributed by atoms with Gasteiger partial charge in [0.15, 0.2) is 6.10 Å². The van der Waals surface area contributed by atoms with Crippen molar-refractivity contribution < 1.29 is 15.0 Å². The fourth-order valence-electron chi connectivity index (χ4n) is 1.27. The molecule has 0 radical (unpaired) electrons. The van der Waals surface area contributed by atoms with Crippen molar-refractivity contribution in [3.63, 3.8) is 0 Å². The van der Waals surface area contributed by atoms with Crippen LogP contribution in [0.3, 0.4) is 0 Å². The molecule has 0 spiro atoms. The summed E-state index contributed by atoms with van der Waals surface area (Å²) in [6.45, 7) is 1.67. The van der Waals surface area contributed by atoms with Crippen LogP contribution in [0.2, 0.25) is 0 Å². The summed E-state index contributed by atoms with van der Waals surface area (Å²) in [5, 5.41) is 21.4. The van der Waals surface area contributed by atoms with Gasteiger partial charge < -0.3 is 21.3 Å². The molecule has 5 nitrogen and oxygen atoms in total. The van der Waals surface area contributed by atoms with Crippen molar-refractivity contribution in [1.29, 1.82) is 0 Å². The smallest absolute Gasteiger partial charge is 0.253 e. The lowest BCUT2D eigenvalue weighted by molar-refractivity contribution is -0.129. The molecule has 0 bridgehead atoms. The van der Waals surface area contributed by atoms with Gasteiger partial charge in [-0.15, -0.1) is 0 Å². The van der Waals surface area contributed by atoms with E-state index in [0.717, 1.165) is 0 Å². The first kappa shape index (κ1) is 13.6. The molecule has 0 aliphatic rings. The van der Waals surface area contributed by atoms with E-state index in [2.05, 4.69) is 5.32 Å². The molecule has 0 fully saturated rings.